The molecule has 0 atom stereocenters. The number of aryl methyl sites for hydroxylation is 1. The standard InChI is InChI=1S/C21H21FN4O2S2/c1-29-17-10-8-14(9-11-17)13-23-18(27)6-3-7-19-25-26-21(30-19)20(28)24-16-5-2-4-15(22)12-16/h2,4-5,8-12H,3,6-7,13H2,1H3,(H,23,27)(H,24,28). The molecule has 6 nitrogen and oxygen atoms in total. The van der Waals surface area contributed by atoms with Crippen LogP contribution in [0.3, 0.4) is 0 Å². The first-order chi connectivity index (χ1) is 14.5. The normalized spacial score (nSPS) is 10.6. The van der Waals surface area contributed by atoms with Crippen LogP contribution in [0.25, 0.3) is 0 Å². The van der Waals surface area contributed by atoms with Crippen LogP contribution in [0, 0.1) is 5.82 Å². The van der Waals surface area contributed by atoms with Crippen molar-refractivity contribution in [1.29, 1.82) is 0 Å². The second-order valence-electron chi connectivity index (χ2n) is 6.44. The number of aromatic nitrogens is 2. The molecule has 0 aliphatic carbocycles. The van der Waals surface area contributed by atoms with Crippen LogP contribution >= 0.6 is 23.1 Å². The molecule has 156 valence electrons. The van der Waals surface area contributed by atoms with E-state index in [1.165, 1.54) is 34.4 Å². The van der Waals surface area contributed by atoms with E-state index < -0.39 is 11.7 Å². The lowest BCUT2D eigenvalue weighted by atomic mass is 10.2. The number of amides is 2. The Bertz CT molecular complexity index is 1010. The molecule has 0 bridgehead atoms. The Balaban J connectivity index is 1.40. The lowest BCUT2D eigenvalue weighted by Crippen LogP contribution is -2.22. The van der Waals surface area contributed by atoms with Crippen LogP contribution in [0.1, 0.15) is 33.2 Å². The first kappa shape index (κ1) is 21.9. The molecule has 0 unspecified atom stereocenters. The molecule has 2 aromatic carbocycles. The van der Waals surface area contributed by atoms with Gasteiger partial charge in [-0.05, 0) is 48.6 Å². The highest BCUT2D eigenvalue weighted by atomic mass is 32.2. The summed E-state index contributed by atoms with van der Waals surface area (Å²) in [6.07, 6.45) is 3.56. The van der Waals surface area contributed by atoms with Gasteiger partial charge >= 0.3 is 0 Å². The van der Waals surface area contributed by atoms with Crippen LogP contribution in [-0.4, -0.2) is 28.3 Å². The largest absolute Gasteiger partial charge is 0.352 e. The van der Waals surface area contributed by atoms with Gasteiger partial charge in [0.25, 0.3) is 5.91 Å². The lowest BCUT2D eigenvalue weighted by molar-refractivity contribution is -0.121. The minimum absolute atomic E-state index is 0.0301. The number of carbonyl (C=O) groups is 2. The van der Waals surface area contributed by atoms with Crippen LogP contribution in [0.2, 0.25) is 0 Å². The van der Waals surface area contributed by atoms with Crippen LogP contribution in [0.4, 0.5) is 10.1 Å². The molecule has 3 rings (SSSR count). The summed E-state index contributed by atoms with van der Waals surface area (Å²) in [7, 11) is 0. The molecule has 0 aliphatic rings. The highest BCUT2D eigenvalue weighted by Crippen LogP contribution is 2.16. The number of nitrogens with one attached hydrogen (secondary N) is 2. The first-order valence-electron chi connectivity index (χ1n) is 9.32. The predicted molar refractivity (Wildman–Crippen MR) is 117 cm³/mol. The van der Waals surface area contributed by atoms with Crippen molar-refractivity contribution in [1.82, 2.24) is 15.5 Å². The average Bonchev–Trinajstić information content (AvgIpc) is 3.22. The topological polar surface area (TPSA) is 84.0 Å². The number of hydrogen-bond donors (Lipinski definition) is 2. The Morgan fingerprint density at radius 3 is 2.67 bits per heavy atom. The van der Waals surface area contributed by atoms with E-state index in [0.29, 0.717) is 36.5 Å². The van der Waals surface area contributed by atoms with Crippen molar-refractivity contribution in [2.24, 2.45) is 0 Å². The number of rotatable bonds is 9. The van der Waals surface area contributed by atoms with E-state index in [9.17, 15) is 14.0 Å². The van der Waals surface area contributed by atoms with Gasteiger partial charge in [0.15, 0.2) is 0 Å². The monoisotopic (exact) mass is 444 g/mol. The molecule has 0 saturated carbocycles. The number of halogens is 1. The quantitative estimate of drug-likeness (QED) is 0.481. The van der Waals surface area contributed by atoms with Crippen molar-refractivity contribution in [2.45, 2.75) is 30.7 Å². The van der Waals surface area contributed by atoms with Crippen LogP contribution in [0.5, 0.6) is 0 Å². The summed E-state index contributed by atoms with van der Waals surface area (Å²) < 4.78 is 13.2. The lowest BCUT2D eigenvalue weighted by Gasteiger charge is -2.05. The zero-order valence-corrected chi connectivity index (χ0v) is 18.0. The summed E-state index contributed by atoms with van der Waals surface area (Å²) in [5, 5.41) is 14.3. The summed E-state index contributed by atoms with van der Waals surface area (Å²) in [5.74, 6) is -0.895. The number of anilines is 1. The van der Waals surface area contributed by atoms with E-state index >= 15 is 0 Å². The van der Waals surface area contributed by atoms with Crippen molar-refractivity contribution in [3.63, 3.8) is 0 Å². The van der Waals surface area contributed by atoms with Gasteiger partial charge in [-0.1, -0.05) is 29.5 Å². The van der Waals surface area contributed by atoms with E-state index in [-0.39, 0.29) is 10.9 Å². The third kappa shape index (κ3) is 6.64. The van der Waals surface area contributed by atoms with Crippen molar-refractivity contribution in [3.8, 4) is 0 Å². The average molecular weight is 445 g/mol. The third-order valence-electron chi connectivity index (χ3n) is 4.19. The van der Waals surface area contributed by atoms with E-state index in [1.54, 1.807) is 17.8 Å². The molecule has 1 heterocycles. The van der Waals surface area contributed by atoms with Gasteiger partial charge in [0.05, 0.1) is 0 Å². The van der Waals surface area contributed by atoms with Crippen LogP contribution in [0.15, 0.2) is 53.4 Å². The molecule has 0 saturated heterocycles. The minimum atomic E-state index is -0.436. The zero-order valence-electron chi connectivity index (χ0n) is 16.4. The molecule has 2 amide bonds. The second-order valence-corrected chi connectivity index (χ2v) is 8.39. The number of thioether (sulfide) groups is 1. The van der Waals surface area contributed by atoms with Crippen LogP contribution < -0.4 is 10.6 Å². The van der Waals surface area contributed by atoms with Gasteiger partial charge < -0.3 is 10.6 Å². The highest BCUT2D eigenvalue weighted by molar-refractivity contribution is 7.98. The fourth-order valence-corrected chi connectivity index (χ4v) is 3.81. The first-order valence-corrected chi connectivity index (χ1v) is 11.4. The molecule has 9 heteroatoms. The fourth-order valence-electron chi connectivity index (χ4n) is 2.63. The summed E-state index contributed by atoms with van der Waals surface area (Å²) in [4.78, 5) is 25.4. The maximum absolute atomic E-state index is 13.2. The Kier molecular flexibility index (Phi) is 7.92. The molecule has 0 aliphatic heterocycles. The molecule has 2 N–H and O–H groups in total. The van der Waals surface area contributed by atoms with E-state index in [2.05, 4.69) is 20.8 Å². The fraction of sp³-hybridized carbons (Fsp3) is 0.238. The molecule has 1 aromatic heterocycles. The van der Waals surface area contributed by atoms with Crippen molar-refractivity contribution in [3.05, 3.63) is 69.9 Å². The van der Waals surface area contributed by atoms with Crippen molar-refractivity contribution in [2.75, 3.05) is 11.6 Å². The Labute approximate surface area is 182 Å². The molecule has 0 radical (unpaired) electrons. The van der Waals surface area contributed by atoms with Gasteiger partial charge in [-0.3, -0.25) is 9.59 Å². The smallest absolute Gasteiger partial charge is 0.286 e. The van der Waals surface area contributed by atoms with Gasteiger partial charge in [0, 0.05) is 30.0 Å². The highest BCUT2D eigenvalue weighted by Gasteiger charge is 2.13. The SMILES string of the molecule is CSc1ccc(CNC(=O)CCCc2nnc(C(=O)Nc3cccc(F)c3)s2)cc1. The molecule has 0 spiro atoms. The number of carbonyl (C=O) groups excluding carboxylic acids is 2. The van der Waals surface area contributed by atoms with E-state index in [0.717, 1.165) is 5.56 Å². The Hall–Kier alpha value is -2.78. The molecule has 30 heavy (non-hydrogen) atoms. The summed E-state index contributed by atoms with van der Waals surface area (Å²) in [6, 6.07) is 13.7. The van der Waals surface area contributed by atoms with E-state index in [1.807, 2.05) is 30.5 Å². The van der Waals surface area contributed by atoms with Crippen molar-refractivity contribution >= 4 is 40.6 Å². The van der Waals surface area contributed by atoms with Gasteiger partial charge in [-0.15, -0.1) is 22.0 Å². The van der Waals surface area contributed by atoms with Crippen molar-refractivity contribution < 1.29 is 14.0 Å². The van der Waals surface area contributed by atoms with E-state index in [4.69, 9.17) is 0 Å². The summed E-state index contributed by atoms with van der Waals surface area (Å²) in [5.41, 5.74) is 1.41. The maximum Gasteiger partial charge on any atom is 0.286 e. The van der Waals surface area contributed by atoms with Gasteiger partial charge in [0.1, 0.15) is 10.8 Å². The molecular formula is C21H21FN4O2S2. The molecule has 0 fully saturated rings. The minimum Gasteiger partial charge on any atom is -0.352 e. The van der Waals surface area contributed by atoms with Gasteiger partial charge in [-0.25, -0.2) is 4.39 Å². The summed E-state index contributed by atoms with van der Waals surface area (Å²) in [6.45, 7) is 0.497. The maximum atomic E-state index is 13.2. The zero-order chi connectivity index (χ0) is 21.3. The molecular weight excluding hydrogens is 423 g/mol. The number of hydrogen-bond acceptors (Lipinski definition) is 6. The van der Waals surface area contributed by atoms with Gasteiger partial charge in [-0.2, -0.15) is 0 Å². The van der Waals surface area contributed by atoms with Crippen LogP contribution in [-0.2, 0) is 17.8 Å². The second kappa shape index (κ2) is 10.8. The van der Waals surface area contributed by atoms with Gasteiger partial charge in [0.2, 0.25) is 10.9 Å². The number of nitrogens with zero attached hydrogens (tertiary/aromatic N) is 2. The molecule has 3 aromatic rings. The number of benzene rings is 2. The Morgan fingerprint density at radius 2 is 1.93 bits per heavy atom. The summed E-state index contributed by atoms with van der Waals surface area (Å²) >= 11 is 2.85. The third-order valence-corrected chi connectivity index (χ3v) is 5.91. The Morgan fingerprint density at radius 1 is 1.13 bits per heavy atom. The predicted octanol–water partition coefficient (Wildman–Crippen LogP) is 4.29.